The van der Waals surface area contributed by atoms with Crippen molar-refractivity contribution in [3.63, 3.8) is 0 Å². The lowest BCUT2D eigenvalue weighted by Crippen LogP contribution is -2.57. The maximum atomic E-state index is 14.3. The molecule has 17 heteroatoms. The van der Waals surface area contributed by atoms with Crippen LogP contribution in [0.15, 0.2) is 30.9 Å². The topological polar surface area (TPSA) is 198 Å². The molecule has 5 aliphatic rings. The number of ether oxygens (including phenoxy) is 2. The highest BCUT2D eigenvalue weighted by Crippen LogP contribution is 2.45. The number of rotatable bonds is 10. The Hall–Kier alpha value is -4.54. The van der Waals surface area contributed by atoms with Crippen molar-refractivity contribution in [3.05, 3.63) is 47.8 Å². The van der Waals surface area contributed by atoms with Gasteiger partial charge in [0, 0.05) is 37.3 Å². The molecule has 3 N–H and O–H groups in total. The van der Waals surface area contributed by atoms with E-state index in [9.17, 15) is 41.6 Å². The number of esters is 1. The third kappa shape index (κ3) is 6.53. The number of amides is 5. The second-order valence-electron chi connectivity index (χ2n) is 12.5. The van der Waals surface area contributed by atoms with Gasteiger partial charge in [-0.15, -0.1) is 6.58 Å². The molecule has 2 saturated heterocycles. The molecule has 2 saturated carbocycles. The minimum Gasteiger partial charge on any atom is -0.452 e. The van der Waals surface area contributed by atoms with E-state index in [0.717, 1.165) is 4.90 Å². The average Bonchev–Trinajstić information content (AvgIpc) is 3.85. The zero-order valence-corrected chi connectivity index (χ0v) is 26.1. The maximum Gasteiger partial charge on any atom is 0.410 e. The van der Waals surface area contributed by atoms with Crippen LogP contribution >= 0.6 is 0 Å². The third-order valence-electron chi connectivity index (χ3n) is 9.18. The lowest BCUT2D eigenvalue weighted by atomic mass is 10.1. The molecular formula is C30H34FN5O10S. The van der Waals surface area contributed by atoms with Crippen LogP contribution in [0.5, 0.6) is 0 Å². The predicted octanol–water partition coefficient (Wildman–Crippen LogP) is -0.261. The Morgan fingerprint density at radius 2 is 1.89 bits per heavy atom. The minimum atomic E-state index is -3.93. The smallest absolute Gasteiger partial charge is 0.410 e. The first kappa shape index (κ1) is 32.4. The molecule has 252 valence electrons. The molecule has 6 rings (SSSR count). The Kier molecular flexibility index (Phi) is 8.44. The summed E-state index contributed by atoms with van der Waals surface area (Å²) in [5, 5.41) is 4.34. The highest BCUT2D eigenvalue weighted by molar-refractivity contribution is 7.91. The first-order valence-electron chi connectivity index (χ1n) is 15.3. The number of nitrogens with zero attached hydrogens (tertiary/aromatic N) is 2. The number of carbonyl (C=O) groups is 6. The van der Waals surface area contributed by atoms with Gasteiger partial charge in [-0.1, -0.05) is 18.2 Å². The molecule has 0 bridgehead atoms. The quantitative estimate of drug-likeness (QED) is 0.219. The first-order valence-corrected chi connectivity index (χ1v) is 16.8. The van der Waals surface area contributed by atoms with Crippen molar-refractivity contribution in [2.75, 3.05) is 13.1 Å². The number of carbonyl (C=O) groups excluding carboxylic acids is 6. The van der Waals surface area contributed by atoms with Crippen molar-refractivity contribution in [2.45, 2.75) is 80.7 Å². The lowest BCUT2D eigenvalue weighted by Gasteiger charge is -2.26. The summed E-state index contributed by atoms with van der Waals surface area (Å²) in [4.78, 5) is 79.6. The van der Waals surface area contributed by atoms with Gasteiger partial charge in [0.15, 0.2) is 6.10 Å². The molecule has 0 spiro atoms. The number of sulfonamides is 1. The molecule has 2 aliphatic carbocycles. The van der Waals surface area contributed by atoms with Crippen molar-refractivity contribution in [2.24, 2.45) is 5.92 Å². The molecule has 47 heavy (non-hydrogen) atoms. The summed E-state index contributed by atoms with van der Waals surface area (Å²) in [6.07, 6.45) is -0.442. The van der Waals surface area contributed by atoms with E-state index in [1.54, 1.807) is 6.07 Å². The molecule has 5 atom stereocenters. The van der Waals surface area contributed by atoms with Crippen molar-refractivity contribution in [1.29, 1.82) is 0 Å². The fourth-order valence-corrected chi connectivity index (χ4v) is 7.61. The maximum absolute atomic E-state index is 14.3. The Labute approximate surface area is 269 Å². The van der Waals surface area contributed by atoms with Gasteiger partial charge in [0.05, 0.1) is 24.9 Å². The number of halogens is 1. The Morgan fingerprint density at radius 1 is 1.13 bits per heavy atom. The second-order valence-corrected chi connectivity index (χ2v) is 14.4. The van der Waals surface area contributed by atoms with Crippen molar-refractivity contribution < 1.29 is 51.0 Å². The van der Waals surface area contributed by atoms with Gasteiger partial charge in [-0.05, 0) is 30.9 Å². The van der Waals surface area contributed by atoms with Crippen LogP contribution in [0.2, 0.25) is 0 Å². The summed E-state index contributed by atoms with van der Waals surface area (Å²) < 4.78 is 51.9. The van der Waals surface area contributed by atoms with Gasteiger partial charge in [-0.3, -0.25) is 33.6 Å². The number of hydrogen-bond acceptors (Lipinski definition) is 10. The monoisotopic (exact) mass is 675 g/mol. The van der Waals surface area contributed by atoms with Crippen LogP contribution in [-0.4, -0.2) is 96.0 Å². The number of fused-ring (bicyclic) bond motifs is 1. The molecule has 1 aromatic rings. The fourth-order valence-electron chi connectivity index (χ4n) is 6.24. The van der Waals surface area contributed by atoms with Crippen LogP contribution in [0.3, 0.4) is 0 Å². The van der Waals surface area contributed by atoms with Crippen molar-refractivity contribution in [1.82, 2.24) is 25.2 Å². The molecule has 4 fully saturated rings. The second kappa shape index (κ2) is 12.2. The van der Waals surface area contributed by atoms with Gasteiger partial charge >= 0.3 is 12.1 Å². The number of benzene rings is 1. The van der Waals surface area contributed by atoms with Crippen LogP contribution in [0, 0.1) is 11.7 Å². The fraction of sp³-hybridized carbons (Fsp3) is 0.533. The van der Waals surface area contributed by atoms with Crippen molar-refractivity contribution >= 4 is 45.7 Å². The van der Waals surface area contributed by atoms with E-state index in [1.807, 2.05) is 0 Å². The summed E-state index contributed by atoms with van der Waals surface area (Å²) >= 11 is 0. The normalized spacial score (nSPS) is 27.8. The van der Waals surface area contributed by atoms with Gasteiger partial charge in [0.25, 0.3) is 11.8 Å². The number of cyclic esters (lactones) is 1. The van der Waals surface area contributed by atoms with E-state index in [2.05, 4.69) is 21.9 Å². The Bertz CT molecular complexity index is 1670. The highest BCUT2D eigenvalue weighted by Gasteiger charge is 2.62. The van der Waals surface area contributed by atoms with Gasteiger partial charge in [0.2, 0.25) is 21.8 Å². The number of nitrogens with one attached hydrogen (secondary N) is 3. The largest absolute Gasteiger partial charge is 0.452 e. The van der Waals surface area contributed by atoms with Gasteiger partial charge in [-0.2, -0.15) is 0 Å². The average molecular weight is 676 g/mol. The molecule has 3 aliphatic heterocycles. The summed E-state index contributed by atoms with van der Waals surface area (Å²) in [5.41, 5.74) is -0.627. The summed E-state index contributed by atoms with van der Waals surface area (Å²) in [5.74, 6) is -4.70. The van der Waals surface area contributed by atoms with Crippen LogP contribution in [0.25, 0.3) is 0 Å². The standard InChI is InChI=1S/C30H34FN5O10S/c1-2-17-11-30(17,28(41)34-47(43,44)19-6-7-19)33-26(39)22-10-18(45-29(42)35-13-16-4-3-5-21(31)20(16)15-35)14-36(22)24(37)12-32-27(40)23-8-9-25(38)46-23/h2-5,17-19,22-23H,1,6-15H2,(H,32,40)(H,33,39)(H,34,41)/t17?,18?,22-,23-,30+/m0/s1. The Balaban J connectivity index is 1.15. The van der Waals surface area contributed by atoms with E-state index in [0.29, 0.717) is 24.0 Å². The van der Waals surface area contributed by atoms with Gasteiger partial charge in [0.1, 0.15) is 23.5 Å². The predicted molar refractivity (Wildman–Crippen MR) is 157 cm³/mol. The lowest BCUT2D eigenvalue weighted by molar-refractivity contribution is -0.148. The molecule has 1 aromatic carbocycles. The molecule has 0 radical (unpaired) electrons. The highest BCUT2D eigenvalue weighted by atomic mass is 32.2. The first-order chi connectivity index (χ1) is 22.3. The van der Waals surface area contributed by atoms with Crippen LogP contribution < -0.4 is 15.4 Å². The number of hydrogen-bond donors (Lipinski definition) is 3. The zero-order valence-electron chi connectivity index (χ0n) is 25.2. The van der Waals surface area contributed by atoms with E-state index >= 15 is 0 Å². The Morgan fingerprint density at radius 3 is 2.53 bits per heavy atom. The SMILES string of the molecule is C=CC1C[C@]1(NC(=O)[C@@H]1CC(OC(=O)N2Cc3cccc(F)c3C2)CN1C(=O)CNC(=O)[C@@H]1CCC(=O)O1)C(=O)NS(=O)(=O)C1CC1. The van der Waals surface area contributed by atoms with Crippen LogP contribution in [-0.2, 0) is 56.6 Å². The summed E-state index contributed by atoms with van der Waals surface area (Å²) in [7, 11) is -3.93. The van der Waals surface area contributed by atoms with E-state index in [4.69, 9.17) is 9.47 Å². The van der Waals surface area contributed by atoms with E-state index in [1.165, 1.54) is 23.1 Å². The number of likely N-dealkylation sites (tertiary alicyclic amines) is 1. The summed E-state index contributed by atoms with van der Waals surface area (Å²) in [6.45, 7) is 2.94. The van der Waals surface area contributed by atoms with Crippen LogP contribution in [0.1, 0.15) is 49.7 Å². The molecule has 3 heterocycles. The molecule has 15 nitrogen and oxygen atoms in total. The van der Waals surface area contributed by atoms with Gasteiger partial charge < -0.3 is 25.0 Å². The summed E-state index contributed by atoms with van der Waals surface area (Å²) in [6, 6.07) is 3.25. The molecule has 5 amide bonds. The zero-order chi connectivity index (χ0) is 33.7. The molecule has 2 unspecified atom stereocenters. The van der Waals surface area contributed by atoms with E-state index < -0.39 is 93.0 Å². The van der Waals surface area contributed by atoms with Gasteiger partial charge in [-0.25, -0.2) is 17.6 Å². The van der Waals surface area contributed by atoms with E-state index in [-0.39, 0.29) is 45.3 Å². The van der Waals surface area contributed by atoms with Crippen LogP contribution in [0.4, 0.5) is 9.18 Å². The third-order valence-corrected chi connectivity index (χ3v) is 11.0. The molecule has 0 aromatic heterocycles. The molecular weight excluding hydrogens is 641 g/mol. The minimum absolute atomic E-state index is 0.0256. The van der Waals surface area contributed by atoms with Crippen molar-refractivity contribution in [3.8, 4) is 0 Å².